The largest absolute Gasteiger partial charge is 0.446 e. The molecule has 1 fully saturated rings. The molecule has 104 valence electrons. The molecule has 1 aliphatic carbocycles. The molecule has 0 spiro atoms. The molecule has 0 saturated heterocycles. The second-order valence-corrected chi connectivity index (χ2v) is 5.65. The van der Waals surface area contributed by atoms with Gasteiger partial charge in [0.2, 0.25) is 5.91 Å². The fourth-order valence-electron chi connectivity index (χ4n) is 1.68. The highest BCUT2D eigenvalue weighted by molar-refractivity contribution is 8.00. The number of amides is 1. The van der Waals surface area contributed by atoms with Gasteiger partial charge in [0, 0.05) is 17.1 Å². The third-order valence-corrected chi connectivity index (χ3v) is 3.81. The smallest absolute Gasteiger partial charge is 0.329 e. The van der Waals surface area contributed by atoms with Gasteiger partial charge < -0.3 is 11.1 Å². The molecule has 0 atom stereocenters. The Kier molecular flexibility index (Phi) is 3.78. The molecular formula is C12H13F3N2OS. The maximum atomic E-state index is 12.1. The number of alkyl halides is 3. The van der Waals surface area contributed by atoms with Crippen LogP contribution in [0.25, 0.3) is 0 Å². The average molecular weight is 290 g/mol. The second kappa shape index (κ2) is 5.05. The van der Waals surface area contributed by atoms with Gasteiger partial charge in [-0.25, -0.2) is 0 Å². The highest BCUT2D eigenvalue weighted by atomic mass is 32.2. The lowest BCUT2D eigenvalue weighted by molar-refractivity contribution is -0.120. The number of halogens is 3. The SMILES string of the molecule is NCC1(C(=O)Nc2ccc(SC(F)(F)F)cc2)CC1. The number of hydrogen-bond donors (Lipinski definition) is 2. The summed E-state index contributed by atoms with van der Waals surface area (Å²) in [5, 5.41) is 2.68. The molecule has 0 bridgehead atoms. The van der Waals surface area contributed by atoms with Crippen LogP contribution in [0.5, 0.6) is 0 Å². The average Bonchev–Trinajstić information content (AvgIpc) is 3.10. The number of nitrogens with two attached hydrogens (primary N) is 1. The number of thioether (sulfide) groups is 1. The lowest BCUT2D eigenvalue weighted by atomic mass is 10.1. The van der Waals surface area contributed by atoms with Gasteiger partial charge in [-0.2, -0.15) is 13.2 Å². The number of benzene rings is 1. The molecule has 0 heterocycles. The maximum Gasteiger partial charge on any atom is 0.446 e. The fraction of sp³-hybridized carbons (Fsp3) is 0.417. The van der Waals surface area contributed by atoms with Crippen molar-refractivity contribution in [1.82, 2.24) is 0 Å². The first-order valence-corrected chi connectivity index (χ1v) is 6.54. The van der Waals surface area contributed by atoms with Gasteiger partial charge in [0.25, 0.3) is 0 Å². The molecule has 7 heteroatoms. The first-order valence-electron chi connectivity index (χ1n) is 5.72. The Bertz CT molecular complexity index is 469. The number of carbonyl (C=O) groups excluding carboxylic acids is 1. The van der Waals surface area contributed by atoms with Crippen LogP contribution in [0.3, 0.4) is 0 Å². The van der Waals surface area contributed by atoms with Crippen LogP contribution < -0.4 is 11.1 Å². The van der Waals surface area contributed by atoms with Gasteiger partial charge in [-0.1, -0.05) is 0 Å². The Labute approximate surface area is 112 Å². The zero-order valence-electron chi connectivity index (χ0n) is 9.96. The Morgan fingerprint density at radius 3 is 2.32 bits per heavy atom. The molecule has 1 aromatic rings. The molecule has 0 aromatic heterocycles. The highest BCUT2D eigenvalue weighted by Gasteiger charge is 2.48. The minimum atomic E-state index is -4.30. The van der Waals surface area contributed by atoms with Crippen LogP contribution >= 0.6 is 11.8 Å². The van der Waals surface area contributed by atoms with E-state index in [0.29, 0.717) is 12.2 Å². The van der Waals surface area contributed by atoms with E-state index >= 15 is 0 Å². The molecule has 0 unspecified atom stereocenters. The third kappa shape index (κ3) is 3.63. The van der Waals surface area contributed by atoms with Crippen molar-refractivity contribution in [3.8, 4) is 0 Å². The molecule has 1 aromatic carbocycles. The summed E-state index contributed by atoms with van der Waals surface area (Å²) >= 11 is -0.182. The predicted molar refractivity (Wildman–Crippen MR) is 67.7 cm³/mol. The van der Waals surface area contributed by atoms with E-state index in [4.69, 9.17) is 5.73 Å². The lowest BCUT2D eigenvalue weighted by Crippen LogP contribution is -2.30. The van der Waals surface area contributed by atoms with E-state index in [0.717, 1.165) is 12.8 Å². The van der Waals surface area contributed by atoms with Crippen LogP contribution in [-0.2, 0) is 4.79 Å². The van der Waals surface area contributed by atoms with Crippen molar-refractivity contribution >= 4 is 23.4 Å². The minimum absolute atomic E-state index is 0.0884. The highest BCUT2D eigenvalue weighted by Crippen LogP contribution is 2.45. The van der Waals surface area contributed by atoms with E-state index in [1.54, 1.807) is 0 Å². The Hall–Kier alpha value is -1.21. The minimum Gasteiger partial charge on any atom is -0.329 e. The number of nitrogens with one attached hydrogen (secondary N) is 1. The van der Waals surface area contributed by atoms with Gasteiger partial charge in [0.1, 0.15) is 0 Å². The van der Waals surface area contributed by atoms with E-state index < -0.39 is 10.9 Å². The summed E-state index contributed by atoms with van der Waals surface area (Å²) < 4.78 is 36.4. The number of carbonyl (C=O) groups is 1. The number of rotatable bonds is 4. The standard InChI is InChI=1S/C12H13F3N2OS/c13-12(14,15)19-9-3-1-8(2-4-9)17-10(18)11(7-16)5-6-11/h1-4H,5-7,16H2,(H,17,18). The van der Waals surface area contributed by atoms with Crippen LogP contribution in [0.4, 0.5) is 18.9 Å². The summed E-state index contributed by atoms with van der Waals surface area (Å²) in [6, 6.07) is 5.57. The van der Waals surface area contributed by atoms with Crippen molar-refractivity contribution in [3.63, 3.8) is 0 Å². The van der Waals surface area contributed by atoms with Crippen molar-refractivity contribution in [1.29, 1.82) is 0 Å². The maximum absolute atomic E-state index is 12.1. The quantitative estimate of drug-likeness (QED) is 0.838. The van der Waals surface area contributed by atoms with Gasteiger partial charge in [-0.05, 0) is 48.9 Å². The molecule has 0 radical (unpaired) electrons. The van der Waals surface area contributed by atoms with Crippen LogP contribution in [-0.4, -0.2) is 18.0 Å². The summed E-state index contributed by atoms with van der Waals surface area (Å²) in [7, 11) is 0. The van der Waals surface area contributed by atoms with Gasteiger partial charge >= 0.3 is 5.51 Å². The van der Waals surface area contributed by atoms with Crippen molar-refractivity contribution in [2.75, 3.05) is 11.9 Å². The van der Waals surface area contributed by atoms with Gasteiger partial charge in [-0.3, -0.25) is 4.79 Å². The molecule has 1 saturated carbocycles. The molecular weight excluding hydrogens is 277 g/mol. The number of anilines is 1. The van der Waals surface area contributed by atoms with Crippen LogP contribution in [0.2, 0.25) is 0 Å². The van der Waals surface area contributed by atoms with E-state index in [1.165, 1.54) is 24.3 Å². The Balaban J connectivity index is 1.97. The second-order valence-electron chi connectivity index (χ2n) is 4.51. The van der Waals surface area contributed by atoms with E-state index in [-0.39, 0.29) is 22.6 Å². The lowest BCUT2D eigenvalue weighted by Gasteiger charge is -2.13. The van der Waals surface area contributed by atoms with Crippen molar-refractivity contribution in [2.45, 2.75) is 23.2 Å². The van der Waals surface area contributed by atoms with Crippen LogP contribution in [0.1, 0.15) is 12.8 Å². The monoisotopic (exact) mass is 290 g/mol. The zero-order chi connectivity index (χ0) is 14.1. The predicted octanol–water partition coefficient (Wildman–Crippen LogP) is 2.98. The van der Waals surface area contributed by atoms with Crippen molar-refractivity contribution in [3.05, 3.63) is 24.3 Å². The van der Waals surface area contributed by atoms with Crippen molar-refractivity contribution in [2.24, 2.45) is 11.1 Å². The first kappa shape index (κ1) is 14.2. The normalized spacial score (nSPS) is 17.1. The Morgan fingerprint density at radius 1 is 1.32 bits per heavy atom. The molecule has 3 N–H and O–H groups in total. The van der Waals surface area contributed by atoms with E-state index in [9.17, 15) is 18.0 Å². The van der Waals surface area contributed by atoms with Crippen LogP contribution in [0, 0.1) is 5.41 Å². The van der Waals surface area contributed by atoms with E-state index in [1.807, 2.05) is 0 Å². The molecule has 2 rings (SSSR count). The third-order valence-electron chi connectivity index (χ3n) is 3.07. The topological polar surface area (TPSA) is 55.1 Å². The molecule has 1 amide bonds. The van der Waals surface area contributed by atoms with Crippen molar-refractivity contribution < 1.29 is 18.0 Å². The summed E-state index contributed by atoms with van der Waals surface area (Å²) in [5.74, 6) is -0.161. The van der Waals surface area contributed by atoms with Gasteiger partial charge in [-0.15, -0.1) is 0 Å². The van der Waals surface area contributed by atoms with Gasteiger partial charge in [0.05, 0.1) is 5.41 Å². The summed E-state index contributed by atoms with van der Waals surface area (Å²) in [6.07, 6.45) is 1.52. The molecule has 19 heavy (non-hydrogen) atoms. The number of hydrogen-bond acceptors (Lipinski definition) is 3. The molecule has 1 aliphatic rings. The Morgan fingerprint density at radius 2 is 1.89 bits per heavy atom. The summed E-state index contributed by atoms with van der Waals surface area (Å²) in [4.78, 5) is 12.0. The summed E-state index contributed by atoms with van der Waals surface area (Å²) in [5.41, 5.74) is 1.23. The molecule has 3 nitrogen and oxygen atoms in total. The fourth-order valence-corrected chi connectivity index (χ4v) is 2.22. The van der Waals surface area contributed by atoms with Crippen LogP contribution in [0.15, 0.2) is 29.2 Å². The van der Waals surface area contributed by atoms with Gasteiger partial charge in [0.15, 0.2) is 0 Å². The summed E-state index contributed by atoms with van der Waals surface area (Å²) in [6.45, 7) is 0.293. The molecule has 0 aliphatic heterocycles. The zero-order valence-corrected chi connectivity index (χ0v) is 10.8. The van der Waals surface area contributed by atoms with E-state index in [2.05, 4.69) is 5.32 Å². The first-order chi connectivity index (χ1) is 8.85.